The molecule has 0 aliphatic heterocycles. The summed E-state index contributed by atoms with van der Waals surface area (Å²) >= 11 is 0. The van der Waals surface area contributed by atoms with Crippen LogP contribution in [0, 0.1) is 6.92 Å². The standard InChI is InChI=1S/C13H18N2O3/c1-3-7-14-12(17)8-15-13(18)10-5-4-6-11(16)9(10)2/h4-6,16H,3,7-8H2,1-2H3,(H,14,17)(H,15,18). The van der Waals surface area contributed by atoms with Crippen LogP contribution in [0.15, 0.2) is 18.2 Å². The molecule has 0 aliphatic rings. The topological polar surface area (TPSA) is 78.4 Å². The molecule has 0 saturated carbocycles. The van der Waals surface area contributed by atoms with Gasteiger partial charge < -0.3 is 15.7 Å². The Morgan fingerprint density at radius 1 is 1.28 bits per heavy atom. The number of nitrogens with one attached hydrogen (secondary N) is 2. The highest BCUT2D eigenvalue weighted by Gasteiger charge is 2.11. The molecule has 18 heavy (non-hydrogen) atoms. The van der Waals surface area contributed by atoms with Gasteiger partial charge in [-0.25, -0.2) is 0 Å². The lowest BCUT2D eigenvalue weighted by molar-refractivity contribution is -0.120. The van der Waals surface area contributed by atoms with E-state index in [9.17, 15) is 14.7 Å². The van der Waals surface area contributed by atoms with Crippen LogP contribution in [0.2, 0.25) is 0 Å². The first-order valence-corrected chi connectivity index (χ1v) is 5.89. The number of amides is 2. The van der Waals surface area contributed by atoms with Crippen molar-refractivity contribution in [2.24, 2.45) is 0 Å². The number of hydrogen-bond acceptors (Lipinski definition) is 3. The first-order chi connectivity index (χ1) is 8.56. The van der Waals surface area contributed by atoms with Crippen LogP contribution in [-0.2, 0) is 4.79 Å². The number of hydrogen-bond donors (Lipinski definition) is 3. The maximum absolute atomic E-state index is 11.8. The van der Waals surface area contributed by atoms with Gasteiger partial charge in [0, 0.05) is 17.7 Å². The molecule has 0 fully saturated rings. The fourth-order valence-electron chi connectivity index (χ4n) is 1.45. The van der Waals surface area contributed by atoms with E-state index in [0.717, 1.165) is 6.42 Å². The van der Waals surface area contributed by atoms with E-state index in [1.165, 1.54) is 6.07 Å². The lowest BCUT2D eigenvalue weighted by Crippen LogP contribution is -2.37. The van der Waals surface area contributed by atoms with Gasteiger partial charge in [-0.15, -0.1) is 0 Å². The van der Waals surface area contributed by atoms with E-state index in [4.69, 9.17) is 0 Å². The van der Waals surface area contributed by atoms with Crippen molar-refractivity contribution in [3.63, 3.8) is 0 Å². The molecule has 0 heterocycles. The average molecular weight is 250 g/mol. The van der Waals surface area contributed by atoms with E-state index in [0.29, 0.717) is 17.7 Å². The Hall–Kier alpha value is -2.04. The van der Waals surface area contributed by atoms with E-state index in [1.54, 1.807) is 19.1 Å². The van der Waals surface area contributed by atoms with Crippen molar-refractivity contribution in [1.82, 2.24) is 10.6 Å². The van der Waals surface area contributed by atoms with Crippen LogP contribution in [-0.4, -0.2) is 30.0 Å². The molecule has 0 aliphatic carbocycles. The summed E-state index contributed by atoms with van der Waals surface area (Å²) in [5, 5.41) is 14.7. The average Bonchev–Trinajstić information content (AvgIpc) is 2.36. The van der Waals surface area contributed by atoms with Crippen LogP contribution in [0.5, 0.6) is 5.75 Å². The number of phenols is 1. The van der Waals surface area contributed by atoms with Gasteiger partial charge in [0.25, 0.3) is 5.91 Å². The molecule has 1 rings (SSSR count). The van der Waals surface area contributed by atoms with Gasteiger partial charge >= 0.3 is 0 Å². The number of rotatable bonds is 5. The van der Waals surface area contributed by atoms with Crippen molar-refractivity contribution < 1.29 is 14.7 Å². The Labute approximate surface area is 106 Å². The second-order valence-corrected chi connectivity index (χ2v) is 3.98. The van der Waals surface area contributed by atoms with Crippen LogP contribution in [0.1, 0.15) is 29.3 Å². The predicted molar refractivity (Wildman–Crippen MR) is 68.5 cm³/mol. The summed E-state index contributed by atoms with van der Waals surface area (Å²) in [6, 6.07) is 4.71. The van der Waals surface area contributed by atoms with Gasteiger partial charge in [0.2, 0.25) is 5.91 Å². The zero-order chi connectivity index (χ0) is 13.5. The first-order valence-electron chi connectivity index (χ1n) is 5.89. The number of phenolic OH excluding ortho intramolecular Hbond substituents is 1. The zero-order valence-corrected chi connectivity index (χ0v) is 10.6. The molecule has 0 spiro atoms. The Bertz CT molecular complexity index is 444. The highest BCUT2D eigenvalue weighted by molar-refractivity contribution is 5.98. The number of benzene rings is 1. The normalized spacial score (nSPS) is 9.89. The van der Waals surface area contributed by atoms with Gasteiger partial charge in [0.05, 0.1) is 6.54 Å². The summed E-state index contributed by atoms with van der Waals surface area (Å²) in [5.74, 6) is -0.517. The van der Waals surface area contributed by atoms with Crippen molar-refractivity contribution in [1.29, 1.82) is 0 Å². The first kappa shape index (κ1) is 14.0. The fraction of sp³-hybridized carbons (Fsp3) is 0.385. The second kappa shape index (κ2) is 6.64. The summed E-state index contributed by atoms with van der Waals surface area (Å²) < 4.78 is 0. The molecule has 5 nitrogen and oxygen atoms in total. The van der Waals surface area contributed by atoms with Crippen molar-refractivity contribution in [3.8, 4) is 5.75 Å². The highest BCUT2D eigenvalue weighted by atomic mass is 16.3. The third-order valence-electron chi connectivity index (χ3n) is 2.53. The molecule has 0 radical (unpaired) electrons. The Kier molecular flexibility index (Phi) is 5.17. The molecular formula is C13H18N2O3. The summed E-state index contributed by atoms with van der Waals surface area (Å²) in [5.41, 5.74) is 0.877. The molecule has 0 atom stereocenters. The number of carbonyl (C=O) groups is 2. The van der Waals surface area contributed by atoms with Gasteiger partial charge in [-0.3, -0.25) is 9.59 Å². The SMILES string of the molecule is CCCNC(=O)CNC(=O)c1cccc(O)c1C. The maximum Gasteiger partial charge on any atom is 0.252 e. The van der Waals surface area contributed by atoms with E-state index < -0.39 is 0 Å². The van der Waals surface area contributed by atoms with Gasteiger partial charge in [-0.05, 0) is 25.5 Å². The van der Waals surface area contributed by atoms with E-state index >= 15 is 0 Å². The quantitative estimate of drug-likeness (QED) is 0.728. The van der Waals surface area contributed by atoms with Crippen LogP contribution in [0.3, 0.4) is 0 Å². The summed E-state index contributed by atoms with van der Waals surface area (Å²) in [7, 11) is 0. The maximum atomic E-state index is 11.8. The van der Waals surface area contributed by atoms with E-state index in [1.807, 2.05) is 6.92 Å². The van der Waals surface area contributed by atoms with Crippen LogP contribution in [0.25, 0.3) is 0 Å². The number of aromatic hydroxyl groups is 1. The molecular weight excluding hydrogens is 232 g/mol. The van der Waals surface area contributed by atoms with Crippen LogP contribution >= 0.6 is 0 Å². The third-order valence-corrected chi connectivity index (χ3v) is 2.53. The smallest absolute Gasteiger partial charge is 0.252 e. The lowest BCUT2D eigenvalue weighted by atomic mass is 10.1. The summed E-state index contributed by atoms with van der Waals surface area (Å²) in [6.45, 7) is 4.14. The van der Waals surface area contributed by atoms with Gasteiger partial charge in [-0.1, -0.05) is 13.0 Å². The Morgan fingerprint density at radius 3 is 2.67 bits per heavy atom. The monoisotopic (exact) mass is 250 g/mol. The lowest BCUT2D eigenvalue weighted by Gasteiger charge is -2.08. The van der Waals surface area contributed by atoms with Crippen molar-refractivity contribution in [2.75, 3.05) is 13.1 Å². The van der Waals surface area contributed by atoms with Gasteiger partial charge in [-0.2, -0.15) is 0 Å². The minimum atomic E-state index is -0.366. The van der Waals surface area contributed by atoms with Gasteiger partial charge in [0.1, 0.15) is 5.75 Å². The Morgan fingerprint density at radius 2 is 2.00 bits per heavy atom. The van der Waals surface area contributed by atoms with Gasteiger partial charge in [0.15, 0.2) is 0 Å². The van der Waals surface area contributed by atoms with E-state index in [-0.39, 0.29) is 24.1 Å². The molecule has 5 heteroatoms. The molecule has 0 aromatic heterocycles. The van der Waals surface area contributed by atoms with Crippen molar-refractivity contribution >= 4 is 11.8 Å². The fourth-order valence-corrected chi connectivity index (χ4v) is 1.45. The van der Waals surface area contributed by atoms with E-state index in [2.05, 4.69) is 10.6 Å². The van der Waals surface area contributed by atoms with Crippen LogP contribution < -0.4 is 10.6 Å². The Balaban J connectivity index is 2.55. The van der Waals surface area contributed by atoms with Crippen molar-refractivity contribution in [2.45, 2.75) is 20.3 Å². The van der Waals surface area contributed by atoms with Crippen LogP contribution in [0.4, 0.5) is 0 Å². The molecule has 0 saturated heterocycles. The molecule has 98 valence electrons. The number of carbonyl (C=O) groups excluding carboxylic acids is 2. The molecule has 3 N–H and O–H groups in total. The predicted octanol–water partition coefficient (Wildman–Crippen LogP) is 0.957. The molecule has 2 amide bonds. The zero-order valence-electron chi connectivity index (χ0n) is 10.6. The van der Waals surface area contributed by atoms with Crippen molar-refractivity contribution in [3.05, 3.63) is 29.3 Å². The highest BCUT2D eigenvalue weighted by Crippen LogP contribution is 2.19. The second-order valence-electron chi connectivity index (χ2n) is 3.98. The molecule has 1 aromatic carbocycles. The minimum Gasteiger partial charge on any atom is -0.508 e. The molecule has 1 aromatic rings. The third kappa shape index (κ3) is 3.76. The summed E-state index contributed by atoms with van der Waals surface area (Å²) in [4.78, 5) is 23.1. The molecule has 0 unspecified atom stereocenters. The largest absolute Gasteiger partial charge is 0.508 e. The minimum absolute atomic E-state index is 0.0616. The summed E-state index contributed by atoms with van der Waals surface area (Å²) in [6.07, 6.45) is 0.853. The molecule has 0 bridgehead atoms.